The Morgan fingerprint density at radius 3 is 3.05 bits per heavy atom. The molecule has 3 rings (SSSR count). The van der Waals surface area contributed by atoms with Gasteiger partial charge in [-0.2, -0.15) is 4.98 Å². The van der Waals surface area contributed by atoms with E-state index in [2.05, 4.69) is 39.7 Å². The number of benzene rings is 1. The van der Waals surface area contributed by atoms with Gasteiger partial charge in [0.05, 0.1) is 12.6 Å². The van der Waals surface area contributed by atoms with Crippen LogP contribution in [-0.4, -0.2) is 23.4 Å². The molecule has 0 unspecified atom stereocenters. The van der Waals surface area contributed by atoms with Crippen LogP contribution in [0.25, 0.3) is 0 Å². The minimum atomic E-state index is 0.109. The maximum absolute atomic E-state index is 5.37. The van der Waals surface area contributed by atoms with E-state index in [0.717, 1.165) is 13.0 Å². The summed E-state index contributed by atoms with van der Waals surface area (Å²) in [5.74, 6) is 1.39. The molecule has 2 aromatic rings. The first-order valence-electron chi connectivity index (χ1n) is 7.07. The highest BCUT2D eigenvalue weighted by molar-refractivity contribution is 5.30. The van der Waals surface area contributed by atoms with Crippen LogP contribution in [0.3, 0.4) is 0 Å². The van der Waals surface area contributed by atoms with Gasteiger partial charge in [-0.15, -0.1) is 0 Å². The van der Waals surface area contributed by atoms with Gasteiger partial charge in [-0.3, -0.25) is 0 Å². The second kappa shape index (κ2) is 6.15. The quantitative estimate of drug-likeness (QED) is 0.845. The van der Waals surface area contributed by atoms with Crippen molar-refractivity contribution in [3.8, 4) is 0 Å². The number of aromatic nitrogens is 2. The molecule has 5 nitrogen and oxygen atoms in total. The Kier molecular flexibility index (Phi) is 4.08. The lowest BCUT2D eigenvalue weighted by atomic mass is 9.96. The molecule has 1 atom stereocenters. The number of ether oxygens (including phenoxy) is 1. The molecule has 0 aliphatic carbocycles. The molecule has 0 saturated heterocycles. The van der Waals surface area contributed by atoms with Gasteiger partial charge in [0.15, 0.2) is 5.82 Å². The predicted molar refractivity (Wildman–Crippen MR) is 74.2 cm³/mol. The van der Waals surface area contributed by atoms with Crippen LogP contribution in [0.2, 0.25) is 0 Å². The zero-order valence-electron chi connectivity index (χ0n) is 11.6. The van der Waals surface area contributed by atoms with E-state index in [1.54, 1.807) is 0 Å². The van der Waals surface area contributed by atoms with E-state index < -0.39 is 0 Å². The van der Waals surface area contributed by atoms with Gasteiger partial charge in [0.2, 0.25) is 5.89 Å². The van der Waals surface area contributed by atoms with E-state index in [9.17, 15) is 0 Å². The number of rotatable bonds is 5. The van der Waals surface area contributed by atoms with Crippen molar-refractivity contribution in [2.24, 2.45) is 0 Å². The van der Waals surface area contributed by atoms with Gasteiger partial charge < -0.3 is 14.6 Å². The molecule has 0 amide bonds. The standard InChI is InChI=1S/C15H19N3O2/c1-2-19-8-7-14-17-15(20-18-14)13-9-11-5-3-4-6-12(11)10-16-13/h3-6,13,16H,2,7-10H2,1H3/t13-/m0/s1. The lowest BCUT2D eigenvalue weighted by Crippen LogP contribution is -2.28. The summed E-state index contributed by atoms with van der Waals surface area (Å²) < 4.78 is 10.7. The van der Waals surface area contributed by atoms with Crippen molar-refractivity contribution in [1.29, 1.82) is 0 Å². The third-order valence-electron chi connectivity index (χ3n) is 3.54. The molecular weight excluding hydrogens is 254 g/mol. The van der Waals surface area contributed by atoms with Crippen molar-refractivity contribution in [2.45, 2.75) is 32.4 Å². The molecule has 0 radical (unpaired) electrons. The topological polar surface area (TPSA) is 60.2 Å². The lowest BCUT2D eigenvalue weighted by Gasteiger charge is -2.23. The van der Waals surface area contributed by atoms with Crippen molar-refractivity contribution >= 4 is 0 Å². The highest BCUT2D eigenvalue weighted by Gasteiger charge is 2.23. The first kappa shape index (κ1) is 13.3. The summed E-state index contributed by atoms with van der Waals surface area (Å²) in [4.78, 5) is 4.46. The Balaban J connectivity index is 1.66. The number of nitrogens with zero attached hydrogens (tertiary/aromatic N) is 2. The molecule has 0 bridgehead atoms. The zero-order chi connectivity index (χ0) is 13.8. The fraction of sp³-hybridized carbons (Fsp3) is 0.467. The number of hydrogen-bond donors (Lipinski definition) is 1. The average molecular weight is 273 g/mol. The third kappa shape index (κ3) is 2.89. The molecular formula is C15H19N3O2. The summed E-state index contributed by atoms with van der Waals surface area (Å²) in [6, 6.07) is 8.57. The van der Waals surface area contributed by atoms with Gasteiger partial charge in [-0.25, -0.2) is 0 Å². The van der Waals surface area contributed by atoms with Gasteiger partial charge >= 0.3 is 0 Å². The molecule has 1 N–H and O–H groups in total. The summed E-state index contributed by atoms with van der Waals surface area (Å²) in [7, 11) is 0. The molecule has 106 valence electrons. The molecule has 5 heteroatoms. The van der Waals surface area contributed by atoms with Gasteiger partial charge in [-0.1, -0.05) is 29.4 Å². The van der Waals surface area contributed by atoms with Crippen LogP contribution in [0.4, 0.5) is 0 Å². The van der Waals surface area contributed by atoms with Crippen LogP contribution in [0, 0.1) is 0 Å². The Morgan fingerprint density at radius 2 is 2.20 bits per heavy atom. The second-order valence-corrected chi connectivity index (χ2v) is 4.90. The summed E-state index contributed by atoms with van der Waals surface area (Å²) in [6.07, 6.45) is 1.59. The highest BCUT2D eigenvalue weighted by atomic mass is 16.5. The monoisotopic (exact) mass is 273 g/mol. The minimum absolute atomic E-state index is 0.109. The second-order valence-electron chi connectivity index (χ2n) is 4.90. The van der Waals surface area contributed by atoms with E-state index in [1.165, 1.54) is 11.1 Å². The van der Waals surface area contributed by atoms with Crippen LogP contribution in [0.15, 0.2) is 28.8 Å². The third-order valence-corrected chi connectivity index (χ3v) is 3.54. The molecule has 2 heterocycles. The number of fused-ring (bicyclic) bond motifs is 1. The number of nitrogens with one attached hydrogen (secondary N) is 1. The number of hydrogen-bond acceptors (Lipinski definition) is 5. The van der Waals surface area contributed by atoms with E-state index >= 15 is 0 Å². The summed E-state index contributed by atoms with van der Waals surface area (Å²) in [5, 5.41) is 7.46. The van der Waals surface area contributed by atoms with Crippen LogP contribution >= 0.6 is 0 Å². The van der Waals surface area contributed by atoms with Crippen LogP contribution in [0.5, 0.6) is 0 Å². The highest BCUT2D eigenvalue weighted by Crippen LogP contribution is 2.24. The normalized spacial score (nSPS) is 17.9. The molecule has 1 aliphatic heterocycles. The van der Waals surface area contributed by atoms with E-state index in [4.69, 9.17) is 9.26 Å². The zero-order valence-corrected chi connectivity index (χ0v) is 11.6. The van der Waals surface area contributed by atoms with Gasteiger partial charge in [-0.05, 0) is 24.5 Å². The smallest absolute Gasteiger partial charge is 0.244 e. The summed E-state index contributed by atoms with van der Waals surface area (Å²) in [6.45, 7) is 4.17. The van der Waals surface area contributed by atoms with Crippen molar-refractivity contribution < 1.29 is 9.26 Å². The lowest BCUT2D eigenvalue weighted by molar-refractivity contribution is 0.149. The average Bonchev–Trinajstić information content (AvgIpc) is 2.96. The van der Waals surface area contributed by atoms with Crippen LogP contribution in [0.1, 0.15) is 35.8 Å². The van der Waals surface area contributed by atoms with E-state index in [-0.39, 0.29) is 6.04 Å². The summed E-state index contributed by atoms with van der Waals surface area (Å²) >= 11 is 0. The molecule has 1 aromatic carbocycles. The maximum Gasteiger partial charge on any atom is 0.244 e. The Hall–Kier alpha value is -1.72. The maximum atomic E-state index is 5.37. The van der Waals surface area contributed by atoms with Crippen molar-refractivity contribution in [3.63, 3.8) is 0 Å². The fourth-order valence-electron chi connectivity index (χ4n) is 2.45. The Labute approximate surface area is 118 Å². The predicted octanol–water partition coefficient (Wildman–Crippen LogP) is 2.04. The molecule has 0 fully saturated rings. The Morgan fingerprint density at radius 1 is 1.35 bits per heavy atom. The largest absolute Gasteiger partial charge is 0.381 e. The first-order valence-corrected chi connectivity index (χ1v) is 7.07. The van der Waals surface area contributed by atoms with Gasteiger partial charge in [0, 0.05) is 19.6 Å². The molecule has 0 spiro atoms. The fourth-order valence-corrected chi connectivity index (χ4v) is 2.45. The van der Waals surface area contributed by atoms with Crippen LogP contribution < -0.4 is 5.32 Å². The van der Waals surface area contributed by atoms with E-state index in [0.29, 0.717) is 31.3 Å². The molecule has 1 aromatic heterocycles. The van der Waals surface area contributed by atoms with Crippen molar-refractivity contribution in [2.75, 3.05) is 13.2 Å². The Bertz CT molecular complexity index is 568. The van der Waals surface area contributed by atoms with Crippen molar-refractivity contribution in [3.05, 3.63) is 47.1 Å². The van der Waals surface area contributed by atoms with Gasteiger partial charge in [0.25, 0.3) is 0 Å². The summed E-state index contributed by atoms with van der Waals surface area (Å²) in [5.41, 5.74) is 2.70. The minimum Gasteiger partial charge on any atom is -0.381 e. The first-order chi connectivity index (χ1) is 9.86. The van der Waals surface area contributed by atoms with E-state index in [1.807, 2.05) is 6.92 Å². The van der Waals surface area contributed by atoms with Crippen LogP contribution in [-0.2, 0) is 24.1 Å². The molecule has 1 aliphatic rings. The van der Waals surface area contributed by atoms with Crippen molar-refractivity contribution in [1.82, 2.24) is 15.5 Å². The molecule has 0 saturated carbocycles. The SMILES string of the molecule is CCOCCc1noc([C@@H]2Cc3ccccc3CN2)n1. The van der Waals surface area contributed by atoms with Gasteiger partial charge in [0.1, 0.15) is 0 Å². The molecule has 20 heavy (non-hydrogen) atoms.